The molecule has 0 aromatic heterocycles. The molecule has 1 atom stereocenters. The Hall–Kier alpha value is -1.27. The van der Waals surface area contributed by atoms with E-state index in [4.69, 9.17) is 0 Å². The monoisotopic (exact) mass is 260 g/mol. The predicted octanol–water partition coefficient (Wildman–Crippen LogP) is 2.21. The number of rotatable bonds is 2. The standard InChI is InChI=1S/C12H15F3N2O/c13-12(14,15)18-10-4-2-9(3-5-10)11-8-16-6-1-7-17-11/h2-5,11,16-17H,1,6-8H2. The molecule has 1 fully saturated rings. The molecule has 100 valence electrons. The van der Waals surface area contributed by atoms with Crippen molar-refractivity contribution in [3.63, 3.8) is 0 Å². The Labute approximate surface area is 103 Å². The van der Waals surface area contributed by atoms with E-state index in [9.17, 15) is 13.2 Å². The molecule has 0 bridgehead atoms. The molecule has 1 aliphatic heterocycles. The maximum atomic E-state index is 12.0. The minimum Gasteiger partial charge on any atom is -0.406 e. The van der Waals surface area contributed by atoms with Gasteiger partial charge >= 0.3 is 6.36 Å². The molecular weight excluding hydrogens is 245 g/mol. The molecule has 3 nitrogen and oxygen atoms in total. The van der Waals surface area contributed by atoms with Crippen LogP contribution in [0.2, 0.25) is 0 Å². The van der Waals surface area contributed by atoms with E-state index in [1.165, 1.54) is 12.1 Å². The number of hydrogen-bond acceptors (Lipinski definition) is 3. The van der Waals surface area contributed by atoms with Crippen LogP contribution in [0.25, 0.3) is 0 Å². The summed E-state index contributed by atoms with van der Waals surface area (Å²) in [7, 11) is 0. The summed E-state index contributed by atoms with van der Waals surface area (Å²) >= 11 is 0. The quantitative estimate of drug-likeness (QED) is 0.855. The highest BCUT2D eigenvalue weighted by Gasteiger charge is 2.31. The highest BCUT2D eigenvalue weighted by Crippen LogP contribution is 2.24. The zero-order chi connectivity index (χ0) is 13.0. The molecule has 0 aliphatic carbocycles. The normalized spacial score (nSPS) is 21.4. The van der Waals surface area contributed by atoms with Gasteiger partial charge in [-0.05, 0) is 37.2 Å². The van der Waals surface area contributed by atoms with Gasteiger partial charge in [0.05, 0.1) is 0 Å². The van der Waals surface area contributed by atoms with Gasteiger partial charge in [0.15, 0.2) is 0 Å². The predicted molar refractivity (Wildman–Crippen MR) is 61.4 cm³/mol. The molecule has 1 aromatic carbocycles. The van der Waals surface area contributed by atoms with Crippen LogP contribution in [0, 0.1) is 0 Å². The molecule has 2 N–H and O–H groups in total. The van der Waals surface area contributed by atoms with E-state index in [-0.39, 0.29) is 11.8 Å². The lowest BCUT2D eigenvalue weighted by atomic mass is 10.1. The average Bonchev–Trinajstić information content (AvgIpc) is 2.56. The number of hydrogen-bond donors (Lipinski definition) is 2. The highest BCUT2D eigenvalue weighted by molar-refractivity contribution is 5.29. The van der Waals surface area contributed by atoms with Crippen LogP contribution in [0.3, 0.4) is 0 Å². The molecule has 0 saturated carbocycles. The molecule has 1 saturated heterocycles. The SMILES string of the molecule is FC(F)(F)Oc1ccc(C2CNCCCN2)cc1. The smallest absolute Gasteiger partial charge is 0.406 e. The highest BCUT2D eigenvalue weighted by atomic mass is 19.4. The number of ether oxygens (including phenoxy) is 1. The Morgan fingerprint density at radius 1 is 1.11 bits per heavy atom. The van der Waals surface area contributed by atoms with Crippen LogP contribution in [0.1, 0.15) is 18.0 Å². The molecule has 2 rings (SSSR count). The van der Waals surface area contributed by atoms with E-state index in [0.29, 0.717) is 0 Å². The summed E-state index contributed by atoms with van der Waals surface area (Å²) in [6.45, 7) is 2.64. The van der Waals surface area contributed by atoms with Gasteiger partial charge in [0.25, 0.3) is 0 Å². The summed E-state index contributed by atoms with van der Waals surface area (Å²) in [6.07, 6.45) is -3.59. The van der Waals surface area contributed by atoms with Gasteiger partial charge in [-0.3, -0.25) is 0 Å². The van der Waals surface area contributed by atoms with Crippen LogP contribution in [0.5, 0.6) is 5.75 Å². The summed E-state index contributed by atoms with van der Waals surface area (Å²) in [5.41, 5.74) is 0.957. The summed E-state index contributed by atoms with van der Waals surface area (Å²) in [5.74, 6) is -0.187. The molecule has 1 aromatic rings. The second kappa shape index (κ2) is 5.58. The molecule has 0 amide bonds. The van der Waals surface area contributed by atoms with Crippen molar-refractivity contribution in [3.05, 3.63) is 29.8 Å². The van der Waals surface area contributed by atoms with Crippen LogP contribution in [0.15, 0.2) is 24.3 Å². The first-order valence-corrected chi connectivity index (χ1v) is 5.84. The zero-order valence-corrected chi connectivity index (χ0v) is 9.76. The van der Waals surface area contributed by atoms with Crippen LogP contribution < -0.4 is 15.4 Å². The second-order valence-corrected chi connectivity index (χ2v) is 4.18. The maximum Gasteiger partial charge on any atom is 0.573 e. The fourth-order valence-corrected chi connectivity index (χ4v) is 1.95. The number of halogens is 3. The van der Waals surface area contributed by atoms with Crippen LogP contribution in [0.4, 0.5) is 13.2 Å². The topological polar surface area (TPSA) is 33.3 Å². The molecule has 1 unspecified atom stereocenters. The van der Waals surface area contributed by atoms with Crippen LogP contribution >= 0.6 is 0 Å². The van der Waals surface area contributed by atoms with Crippen LogP contribution in [-0.2, 0) is 0 Å². The van der Waals surface area contributed by atoms with Crippen molar-refractivity contribution in [3.8, 4) is 5.75 Å². The molecule has 0 spiro atoms. The molecule has 18 heavy (non-hydrogen) atoms. The first-order chi connectivity index (χ1) is 8.54. The number of alkyl halides is 3. The van der Waals surface area contributed by atoms with E-state index in [0.717, 1.165) is 31.6 Å². The molecular formula is C12H15F3N2O. The van der Waals surface area contributed by atoms with Crippen molar-refractivity contribution in [2.75, 3.05) is 19.6 Å². The largest absolute Gasteiger partial charge is 0.573 e. The molecule has 1 heterocycles. The van der Waals surface area contributed by atoms with Gasteiger partial charge in [-0.1, -0.05) is 12.1 Å². The Morgan fingerprint density at radius 3 is 2.50 bits per heavy atom. The average molecular weight is 260 g/mol. The van der Waals surface area contributed by atoms with Gasteiger partial charge in [0.2, 0.25) is 0 Å². The minimum absolute atomic E-state index is 0.132. The van der Waals surface area contributed by atoms with Crippen molar-refractivity contribution < 1.29 is 17.9 Å². The summed E-state index contributed by atoms with van der Waals surface area (Å²) in [5, 5.41) is 6.61. The van der Waals surface area contributed by atoms with E-state index in [2.05, 4.69) is 15.4 Å². The third-order valence-electron chi connectivity index (χ3n) is 2.79. The van der Waals surface area contributed by atoms with Gasteiger partial charge in [-0.2, -0.15) is 0 Å². The Balaban J connectivity index is 2.02. The molecule has 6 heteroatoms. The van der Waals surface area contributed by atoms with E-state index in [1.54, 1.807) is 12.1 Å². The Bertz CT molecular complexity index is 370. The van der Waals surface area contributed by atoms with E-state index < -0.39 is 6.36 Å². The van der Waals surface area contributed by atoms with E-state index >= 15 is 0 Å². The van der Waals surface area contributed by atoms with Gasteiger partial charge in [0, 0.05) is 12.6 Å². The van der Waals surface area contributed by atoms with Crippen LogP contribution in [-0.4, -0.2) is 26.0 Å². The third kappa shape index (κ3) is 3.89. The van der Waals surface area contributed by atoms with Crippen molar-refractivity contribution in [2.24, 2.45) is 0 Å². The number of benzene rings is 1. The van der Waals surface area contributed by atoms with Gasteiger partial charge in [-0.25, -0.2) is 0 Å². The molecule has 0 radical (unpaired) electrons. The number of nitrogens with one attached hydrogen (secondary N) is 2. The lowest BCUT2D eigenvalue weighted by molar-refractivity contribution is -0.274. The van der Waals surface area contributed by atoms with Gasteiger partial charge in [-0.15, -0.1) is 13.2 Å². The van der Waals surface area contributed by atoms with Crippen molar-refractivity contribution in [2.45, 2.75) is 18.8 Å². The van der Waals surface area contributed by atoms with E-state index in [1.807, 2.05) is 0 Å². The summed E-state index contributed by atoms with van der Waals surface area (Å²) < 4.78 is 39.8. The summed E-state index contributed by atoms with van der Waals surface area (Å²) in [6, 6.07) is 6.13. The minimum atomic E-state index is -4.64. The lowest BCUT2D eigenvalue weighted by Crippen LogP contribution is -2.27. The Kier molecular flexibility index (Phi) is 4.08. The second-order valence-electron chi connectivity index (χ2n) is 4.18. The van der Waals surface area contributed by atoms with Crippen molar-refractivity contribution in [1.29, 1.82) is 0 Å². The fraction of sp³-hybridized carbons (Fsp3) is 0.500. The zero-order valence-electron chi connectivity index (χ0n) is 9.76. The maximum absolute atomic E-state index is 12.0. The van der Waals surface area contributed by atoms with Gasteiger partial charge < -0.3 is 15.4 Å². The third-order valence-corrected chi connectivity index (χ3v) is 2.79. The molecule has 1 aliphatic rings. The lowest BCUT2D eigenvalue weighted by Gasteiger charge is -2.17. The van der Waals surface area contributed by atoms with Crippen molar-refractivity contribution in [1.82, 2.24) is 10.6 Å². The fourth-order valence-electron chi connectivity index (χ4n) is 1.95. The summed E-state index contributed by atoms with van der Waals surface area (Å²) in [4.78, 5) is 0. The van der Waals surface area contributed by atoms with Crippen molar-refractivity contribution >= 4 is 0 Å². The first kappa shape index (κ1) is 13.2. The Morgan fingerprint density at radius 2 is 1.83 bits per heavy atom. The van der Waals surface area contributed by atoms with Gasteiger partial charge in [0.1, 0.15) is 5.75 Å². The first-order valence-electron chi connectivity index (χ1n) is 5.84.